The zero-order valence-corrected chi connectivity index (χ0v) is 11.0. The summed E-state index contributed by atoms with van der Waals surface area (Å²) in [5.41, 5.74) is 0. The molecule has 14 heavy (non-hydrogen) atoms. The molecule has 0 atom stereocenters. The van der Waals surface area contributed by atoms with Gasteiger partial charge in [0.1, 0.15) is 0 Å². The van der Waals surface area contributed by atoms with Gasteiger partial charge in [0.05, 0.1) is 0 Å². The Bertz CT molecular complexity index is 138. The van der Waals surface area contributed by atoms with Gasteiger partial charge in [-0.15, -0.1) is 0 Å². The van der Waals surface area contributed by atoms with E-state index in [4.69, 9.17) is 12.2 Å². The monoisotopic (exact) mass is 214 g/mol. The average molecular weight is 214 g/mol. The fourth-order valence-electron chi connectivity index (χ4n) is 1.55. The summed E-state index contributed by atoms with van der Waals surface area (Å²) < 4.78 is 0. The van der Waals surface area contributed by atoms with Crippen molar-refractivity contribution in [2.45, 2.75) is 72.1 Å². The lowest BCUT2D eigenvalue weighted by Crippen LogP contribution is -2.03. The molecular formula is C13H26S. The van der Waals surface area contributed by atoms with Gasteiger partial charge in [-0.1, -0.05) is 71.5 Å². The highest BCUT2D eigenvalue weighted by Crippen LogP contribution is 2.11. The van der Waals surface area contributed by atoms with Gasteiger partial charge < -0.3 is 0 Å². The minimum absolute atomic E-state index is 0.602. The quantitative estimate of drug-likeness (QED) is 0.378. The Morgan fingerprint density at radius 1 is 0.929 bits per heavy atom. The number of unbranched alkanes of at least 4 members (excludes halogenated alkanes) is 6. The van der Waals surface area contributed by atoms with Gasteiger partial charge in [0, 0.05) is 0 Å². The van der Waals surface area contributed by atoms with Crippen molar-refractivity contribution in [2.75, 3.05) is 0 Å². The van der Waals surface area contributed by atoms with E-state index >= 15 is 0 Å². The van der Waals surface area contributed by atoms with E-state index in [0.29, 0.717) is 5.92 Å². The second-order valence-electron chi connectivity index (χ2n) is 4.49. The van der Waals surface area contributed by atoms with Gasteiger partial charge in [0.15, 0.2) is 0 Å². The van der Waals surface area contributed by atoms with Crippen LogP contribution in [-0.2, 0) is 0 Å². The first kappa shape index (κ1) is 14.1. The Morgan fingerprint density at radius 2 is 1.43 bits per heavy atom. The topological polar surface area (TPSA) is 0 Å². The maximum absolute atomic E-state index is 5.30. The molecule has 0 aromatic heterocycles. The Hall–Kier alpha value is 0.0900. The van der Waals surface area contributed by atoms with Gasteiger partial charge >= 0.3 is 0 Å². The number of thiocarbonyl (C=S) groups is 1. The average Bonchev–Trinajstić information content (AvgIpc) is 2.16. The molecule has 0 saturated carbocycles. The summed E-state index contributed by atoms with van der Waals surface area (Å²) in [6.45, 7) is 6.66. The molecule has 0 bridgehead atoms. The number of hydrogen-bond acceptors (Lipinski definition) is 1. The van der Waals surface area contributed by atoms with E-state index in [2.05, 4.69) is 20.8 Å². The van der Waals surface area contributed by atoms with Crippen molar-refractivity contribution in [3.63, 3.8) is 0 Å². The SMILES string of the molecule is CCCCCCCCCC(=S)C(C)C. The third-order valence-corrected chi connectivity index (χ3v) is 3.35. The van der Waals surface area contributed by atoms with Crippen LogP contribution in [-0.4, -0.2) is 4.86 Å². The van der Waals surface area contributed by atoms with Crippen molar-refractivity contribution in [1.29, 1.82) is 0 Å². The molecule has 1 heteroatoms. The van der Waals surface area contributed by atoms with Crippen LogP contribution in [0.3, 0.4) is 0 Å². The Balaban J connectivity index is 3.10. The van der Waals surface area contributed by atoms with Crippen molar-refractivity contribution in [2.24, 2.45) is 5.92 Å². The lowest BCUT2D eigenvalue weighted by atomic mass is 10.0. The van der Waals surface area contributed by atoms with Crippen LogP contribution in [0.2, 0.25) is 0 Å². The second-order valence-corrected chi connectivity index (χ2v) is 5.02. The molecule has 0 amide bonds. The molecule has 0 spiro atoms. The van der Waals surface area contributed by atoms with Crippen LogP contribution in [0.1, 0.15) is 72.1 Å². The Labute approximate surface area is 95.5 Å². The van der Waals surface area contributed by atoms with Gasteiger partial charge in [-0.25, -0.2) is 0 Å². The first-order valence-electron chi connectivity index (χ1n) is 6.21. The maximum atomic E-state index is 5.30. The van der Waals surface area contributed by atoms with Crippen molar-refractivity contribution in [1.82, 2.24) is 0 Å². The highest BCUT2D eigenvalue weighted by molar-refractivity contribution is 7.80. The van der Waals surface area contributed by atoms with E-state index in [1.807, 2.05) is 0 Å². The van der Waals surface area contributed by atoms with E-state index in [1.165, 1.54) is 56.2 Å². The lowest BCUT2D eigenvalue weighted by molar-refractivity contribution is 0.593. The molecule has 0 fully saturated rings. The first-order valence-corrected chi connectivity index (χ1v) is 6.62. The molecule has 0 aliphatic carbocycles. The van der Waals surface area contributed by atoms with Crippen LogP contribution >= 0.6 is 12.2 Å². The second kappa shape index (κ2) is 9.64. The van der Waals surface area contributed by atoms with Crippen molar-refractivity contribution in [3.05, 3.63) is 0 Å². The summed E-state index contributed by atoms with van der Waals surface area (Å²) >= 11 is 5.30. The number of rotatable bonds is 9. The van der Waals surface area contributed by atoms with Crippen LogP contribution in [0.15, 0.2) is 0 Å². The van der Waals surface area contributed by atoms with Crippen molar-refractivity contribution in [3.8, 4) is 0 Å². The van der Waals surface area contributed by atoms with Crippen LogP contribution in [0.4, 0.5) is 0 Å². The third kappa shape index (κ3) is 8.68. The minimum atomic E-state index is 0.602. The van der Waals surface area contributed by atoms with E-state index < -0.39 is 0 Å². The minimum Gasteiger partial charge on any atom is -0.0894 e. The summed E-state index contributed by atoms with van der Waals surface area (Å²) in [4.78, 5) is 1.26. The summed E-state index contributed by atoms with van der Waals surface area (Å²) in [7, 11) is 0. The molecule has 0 radical (unpaired) electrons. The predicted molar refractivity (Wildman–Crippen MR) is 70.0 cm³/mol. The molecular weight excluding hydrogens is 188 g/mol. The van der Waals surface area contributed by atoms with Crippen LogP contribution < -0.4 is 0 Å². The third-order valence-electron chi connectivity index (χ3n) is 2.67. The highest BCUT2D eigenvalue weighted by atomic mass is 32.1. The van der Waals surface area contributed by atoms with Gasteiger partial charge in [-0.05, 0) is 23.6 Å². The summed E-state index contributed by atoms with van der Waals surface area (Å²) in [5, 5.41) is 0. The molecule has 0 aromatic carbocycles. The Morgan fingerprint density at radius 3 is 1.93 bits per heavy atom. The smallest absolute Gasteiger partial charge is 0.00461 e. The molecule has 0 N–H and O–H groups in total. The predicted octanol–water partition coefficient (Wildman–Crippen LogP) is 5.15. The number of hydrogen-bond donors (Lipinski definition) is 0. The van der Waals surface area contributed by atoms with Crippen LogP contribution in [0.25, 0.3) is 0 Å². The molecule has 84 valence electrons. The fraction of sp³-hybridized carbons (Fsp3) is 0.923. The molecule has 0 rings (SSSR count). The maximum Gasteiger partial charge on any atom is -0.00461 e. The van der Waals surface area contributed by atoms with Gasteiger partial charge in [0.2, 0.25) is 0 Å². The van der Waals surface area contributed by atoms with Crippen LogP contribution in [0, 0.1) is 5.92 Å². The molecule has 0 nitrogen and oxygen atoms in total. The van der Waals surface area contributed by atoms with Crippen molar-refractivity contribution < 1.29 is 0 Å². The first-order chi connectivity index (χ1) is 6.68. The molecule has 0 aliphatic heterocycles. The standard InChI is InChI=1S/C13H26S/c1-4-5-6-7-8-9-10-11-13(14)12(2)3/h12H,4-11H2,1-3H3. The molecule has 0 aliphatic rings. The van der Waals surface area contributed by atoms with E-state index in [1.54, 1.807) is 0 Å². The van der Waals surface area contributed by atoms with Crippen molar-refractivity contribution >= 4 is 17.1 Å². The van der Waals surface area contributed by atoms with E-state index in [9.17, 15) is 0 Å². The van der Waals surface area contributed by atoms with E-state index in [-0.39, 0.29) is 0 Å². The molecule has 0 heterocycles. The van der Waals surface area contributed by atoms with Gasteiger partial charge in [-0.2, -0.15) is 0 Å². The van der Waals surface area contributed by atoms with E-state index in [0.717, 1.165) is 0 Å². The summed E-state index contributed by atoms with van der Waals surface area (Å²) in [6, 6.07) is 0. The lowest BCUT2D eigenvalue weighted by Gasteiger charge is -2.06. The molecule has 0 aromatic rings. The summed E-state index contributed by atoms with van der Waals surface area (Å²) in [5.74, 6) is 0.602. The van der Waals surface area contributed by atoms with Gasteiger partial charge in [0.25, 0.3) is 0 Å². The fourth-order valence-corrected chi connectivity index (χ4v) is 1.69. The zero-order chi connectivity index (χ0) is 10.8. The molecule has 0 unspecified atom stereocenters. The van der Waals surface area contributed by atoms with Gasteiger partial charge in [-0.3, -0.25) is 0 Å². The van der Waals surface area contributed by atoms with Crippen LogP contribution in [0.5, 0.6) is 0 Å². The molecule has 0 saturated heterocycles. The summed E-state index contributed by atoms with van der Waals surface area (Å²) in [6.07, 6.45) is 10.8. The highest BCUT2D eigenvalue weighted by Gasteiger charge is 2.01. The Kier molecular flexibility index (Phi) is 9.70. The largest absolute Gasteiger partial charge is 0.0894 e. The zero-order valence-electron chi connectivity index (χ0n) is 10.1. The normalized spacial score (nSPS) is 10.9.